The second-order valence-electron chi connectivity index (χ2n) is 5.72. The van der Waals surface area contributed by atoms with Crippen molar-refractivity contribution in [2.45, 2.75) is 13.0 Å². The molecule has 0 fully saturated rings. The molecule has 0 bridgehead atoms. The number of benzene rings is 2. The average Bonchev–Trinajstić information content (AvgIpc) is 2.66. The van der Waals surface area contributed by atoms with Gasteiger partial charge in [0, 0.05) is 32.3 Å². The first-order chi connectivity index (χ1) is 12.7. The van der Waals surface area contributed by atoms with E-state index < -0.39 is 0 Å². The minimum atomic E-state index is 0.553. The predicted octanol–water partition coefficient (Wildman–Crippen LogP) is 3.27. The molecule has 2 N–H and O–H groups in total. The number of aliphatic imine (C=N–C) groups is 1. The molecular weight excluding hydrogens is 350 g/mol. The van der Waals surface area contributed by atoms with Crippen molar-refractivity contribution in [3.8, 4) is 5.75 Å². The van der Waals surface area contributed by atoms with E-state index in [0.717, 1.165) is 35.3 Å². The molecule has 0 aliphatic heterocycles. The Hall–Kier alpha value is -2.24. The molecule has 0 saturated heterocycles. The van der Waals surface area contributed by atoms with Crippen molar-refractivity contribution in [2.75, 3.05) is 33.9 Å². The molecule has 2 aromatic rings. The van der Waals surface area contributed by atoms with Gasteiger partial charge in [0.1, 0.15) is 12.4 Å². The van der Waals surface area contributed by atoms with Gasteiger partial charge in [-0.3, -0.25) is 4.99 Å². The molecule has 0 aliphatic carbocycles. The van der Waals surface area contributed by atoms with Crippen LogP contribution in [-0.4, -0.2) is 39.9 Å². The second kappa shape index (κ2) is 11.4. The summed E-state index contributed by atoms with van der Waals surface area (Å²) in [5.41, 5.74) is 2.35. The van der Waals surface area contributed by atoms with Crippen LogP contribution in [0.3, 0.4) is 0 Å². The Labute approximate surface area is 160 Å². The van der Waals surface area contributed by atoms with E-state index in [4.69, 9.17) is 21.1 Å². The van der Waals surface area contributed by atoms with Gasteiger partial charge in [0.25, 0.3) is 0 Å². The molecule has 0 aromatic heterocycles. The number of guanidine groups is 1. The summed E-state index contributed by atoms with van der Waals surface area (Å²) in [5, 5.41) is 7.38. The van der Waals surface area contributed by atoms with E-state index in [9.17, 15) is 0 Å². The maximum absolute atomic E-state index is 6.01. The Morgan fingerprint density at radius 3 is 2.54 bits per heavy atom. The quantitative estimate of drug-likeness (QED) is 0.401. The van der Waals surface area contributed by atoms with Crippen molar-refractivity contribution in [3.63, 3.8) is 0 Å². The van der Waals surface area contributed by atoms with Crippen molar-refractivity contribution in [1.82, 2.24) is 10.6 Å². The van der Waals surface area contributed by atoms with Gasteiger partial charge in [0.2, 0.25) is 0 Å². The van der Waals surface area contributed by atoms with E-state index in [1.165, 1.54) is 5.56 Å². The minimum absolute atomic E-state index is 0.553. The highest BCUT2D eigenvalue weighted by Crippen LogP contribution is 2.12. The molecule has 6 heteroatoms. The van der Waals surface area contributed by atoms with Crippen LogP contribution >= 0.6 is 11.6 Å². The molecule has 0 aliphatic rings. The van der Waals surface area contributed by atoms with Crippen LogP contribution in [0, 0.1) is 0 Å². The highest BCUT2D eigenvalue weighted by Gasteiger charge is 2.00. The number of hydrogen-bond donors (Lipinski definition) is 2. The number of hydrogen-bond acceptors (Lipinski definition) is 3. The first-order valence-electron chi connectivity index (χ1n) is 8.61. The number of rotatable bonds is 9. The summed E-state index contributed by atoms with van der Waals surface area (Å²) in [6.07, 6.45) is 0.884. The van der Waals surface area contributed by atoms with Crippen LogP contribution in [0.5, 0.6) is 5.75 Å². The van der Waals surface area contributed by atoms with Crippen molar-refractivity contribution >= 4 is 17.6 Å². The molecule has 0 atom stereocenters. The highest BCUT2D eigenvalue weighted by molar-refractivity contribution is 6.30. The fourth-order valence-corrected chi connectivity index (χ4v) is 2.58. The molecule has 0 heterocycles. The lowest BCUT2D eigenvalue weighted by Gasteiger charge is -2.12. The number of ether oxygens (including phenoxy) is 2. The van der Waals surface area contributed by atoms with Gasteiger partial charge >= 0.3 is 0 Å². The molecule has 0 saturated carbocycles. The van der Waals surface area contributed by atoms with Gasteiger partial charge in [-0.15, -0.1) is 0 Å². The van der Waals surface area contributed by atoms with Gasteiger partial charge in [0.05, 0.1) is 6.61 Å². The Kier molecular flexibility index (Phi) is 8.79. The van der Waals surface area contributed by atoms with E-state index in [-0.39, 0.29) is 0 Å². The summed E-state index contributed by atoms with van der Waals surface area (Å²) in [6.45, 7) is 2.61. The van der Waals surface area contributed by atoms with E-state index in [0.29, 0.717) is 19.8 Å². The third-order valence-electron chi connectivity index (χ3n) is 3.76. The van der Waals surface area contributed by atoms with E-state index in [2.05, 4.69) is 21.7 Å². The number of nitrogens with one attached hydrogen (secondary N) is 2. The van der Waals surface area contributed by atoms with Crippen molar-refractivity contribution in [2.24, 2.45) is 4.99 Å². The maximum atomic E-state index is 6.01. The highest BCUT2D eigenvalue weighted by atomic mass is 35.5. The average molecular weight is 376 g/mol. The fourth-order valence-electron chi connectivity index (χ4n) is 2.37. The zero-order valence-corrected chi connectivity index (χ0v) is 16.1. The molecule has 0 unspecified atom stereocenters. The Balaban J connectivity index is 1.72. The third-order valence-corrected chi connectivity index (χ3v) is 3.99. The fraction of sp³-hybridized carbons (Fsp3) is 0.350. The molecule has 0 radical (unpaired) electrons. The summed E-state index contributed by atoms with van der Waals surface area (Å²) in [4.78, 5) is 4.25. The summed E-state index contributed by atoms with van der Waals surface area (Å²) in [6, 6.07) is 15.9. The lowest BCUT2D eigenvalue weighted by Crippen LogP contribution is -2.37. The number of halogens is 1. The molecule has 0 amide bonds. The first kappa shape index (κ1) is 20.1. The standard InChI is InChI=1S/C20H26ClN3O2/c1-22-20(23-11-10-16-4-3-5-18(21)14-16)24-15-17-6-8-19(9-7-17)26-13-12-25-2/h3-9,14H,10-13,15H2,1-2H3,(H2,22,23,24). The lowest BCUT2D eigenvalue weighted by molar-refractivity contribution is 0.146. The zero-order valence-electron chi connectivity index (χ0n) is 15.3. The van der Waals surface area contributed by atoms with Crippen LogP contribution < -0.4 is 15.4 Å². The van der Waals surface area contributed by atoms with Crippen LogP contribution in [0.4, 0.5) is 0 Å². The van der Waals surface area contributed by atoms with Crippen LogP contribution in [-0.2, 0) is 17.7 Å². The van der Waals surface area contributed by atoms with Crippen molar-refractivity contribution in [1.29, 1.82) is 0 Å². The zero-order chi connectivity index (χ0) is 18.6. The summed E-state index contributed by atoms with van der Waals surface area (Å²) in [7, 11) is 3.43. The van der Waals surface area contributed by atoms with E-state index in [1.807, 2.05) is 42.5 Å². The van der Waals surface area contributed by atoms with Crippen LogP contribution in [0.25, 0.3) is 0 Å². The van der Waals surface area contributed by atoms with Crippen molar-refractivity contribution in [3.05, 3.63) is 64.7 Å². The molecule has 5 nitrogen and oxygen atoms in total. The van der Waals surface area contributed by atoms with Gasteiger partial charge in [-0.1, -0.05) is 35.9 Å². The smallest absolute Gasteiger partial charge is 0.191 e. The van der Waals surface area contributed by atoms with E-state index >= 15 is 0 Å². The summed E-state index contributed by atoms with van der Waals surface area (Å²) in [5.74, 6) is 1.61. The molecule has 26 heavy (non-hydrogen) atoms. The number of nitrogens with zero attached hydrogens (tertiary/aromatic N) is 1. The Morgan fingerprint density at radius 2 is 1.85 bits per heavy atom. The SMILES string of the molecule is CN=C(NCCc1cccc(Cl)c1)NCc1ccc(OCCOC)cc1. The van der Waals surface area contributed by atoms with Gasteiger partial charge in [-0.05, 0) is 41.8 Å². The van der Waals surface area contributed by atoms with Crippen LogP contribution in [0.1, 0.15) is 11.1 Å². The number of methoxy groups -OCH3 is 1. The van der Waals surface area contributed by atoms with E-state index in [1.54, 1.807) is 14.2 Å². The van der Waals surface area contributed by atoms with Gasteiger partial charge in [0.15, 0.2) is 5.96 Å². The molecule has 0 spiro atoms. The Bertz CT molecular complexity index is 690. The second-order valence-corrected chi connectivity index (χ2v) is 6.15. The molecule has 2 rings (SSSR count). The first-order valence-corrected chi connectivity index (χ1v) is 8.98. The van der Waals surface area contributed by atoms with Crippen LogP contribution in [0.15, 0.2) is 53.5 Å². The predicted molar refractivity (Wildman–Crippen MR) is 107 cm³/mol. The molecule has 2 aromatic carbocycles. The van der Waals surface area contributed by atoms with Crippen LogP contribution in [0.2, 0.25) is 5.02 Å². The summed E-state index contributed by atoms with van der Waals surface area (Å²) >= 11 is 6.01. The Morgan fingerprint density at radius 1 is 1.04 bits per heavy atom. The maximum Gasteiger partial charge on any atom is 0.191 e. The summed E-state index contributed by atoms with van der Waals surface area (Å²) < 4.78 is 10.5. The topological polar surface area (TPSA) is 54.9 Å². The minimum Gasteiger partial charge on any atom is -0.491 e. The largest absolute Gasteiger partial charge is 0.491 e. The van der Waals surface area contributed by atoms with Gasteiger partial charge < -0.3 is 20.1 Å². The molecule has 140 valence electrons. The monoisotopic (exact) mass is 375 g/mol. The normalized spacial score (nSPS) is 11.3. The van der Waals surface area contributed by atoms with Gasteiger partial charge in [-0.25, -0.2) is 0 Å². The lowest BCUT2D eigenvalue weighted by atomic mass is 10.1. The molecular formula is C20H26ClN3O2. The van der Waals surface area contributed by atoms with Gasteiger partial charge in [-0.2, -0.15) is 0 Å². The third kappa shape index (κ3) is 7.33. The van der Waals surface area contributed by atoms with Crippen molar-refractivity contribution < 1.29 is 9.47 Å².